The highest BCUT2D eigenvalue weighted by Crippen LogP contribution is 2.39. The molecule has 1 aliphatic carbocycles. The van der Waals surface area contributed by atoms with Crippen LogP contribution in [-0.2, 0) is 0 Å². The molecule has 0 spiro atoms. The minimum absolute atomic E-state index is 0.269. The summed E-state index contributed by atoms with van der Waals surface area (Å²) in [5, 5.41) is 3.21. The van der Waals surface area contributed by atoms with E-state index in [4.69, 9.17) is 0 Å². The predicted molar refractivity (Wildman–Crippen MR) is 48.7 cm³/mol. The third kappa shape index (κ3) is 1.86. The summed E-state index contributed by atoms with van der Waals surface area (Å²) < 4.78 is 12.6. The molecule has 0 aromatic carbocycles. The van der Waals surface area contributed by atoms with Crippen molar-refractivity contribution in [2.24, 2.45) is 5.92 Å². The maximum Gasteiger partial charge on any atom is 0.141 e. The fraction of sp³-hybridized carbons (Fsp3) is 0.500. The molecule has 2 nitrogen and oxygen atoms in total. The summed E-state index contributed by atoms with van der Waals surface area (Å²) in [6.07, 6.45) is 3.79. The third-order valence-corrected chi connectivity index (χ3v) is 2.47. The highest BCUT2D eigenvalue weighted by molar-refractivity contribution is 5.12. The number of rotatable bonds is 3. The molecule has 1 unspecified atom stereocenters. The summed E-state index contributed by atoms with van der Waals surface area (Å²) in [6, 6.07) is 3.53. The lowest BCUT2D eigenvalue weighted by molar-refractivity contribution is 0.511. The molecule has 3 heteroatoms. The van der Waals surface area contributed by atoms with Gasteiger partial charge in [-0.15, -0.1) is 0 Å². The first kappa shape index (κ1) is 8.63. The Kier molecular flexibility index (Phi) is 2.27. The largest absolute Gasteiger partial charge is 0.311 e. The second-order valence-electron chi connectivity index (χ2n) is 3.51. The van der Waals surface area contributed by atoms with Crippen molar-refractivity contribution in [3.63, 3.8) is 0 Å². The fourth-order valence-electron chi connectivity index (χ4n) is 1.63. The van der Waals surface area contributed by atoms with Gasteiger partial charge in [-0.3, -0.25) is 4.98 Å². The van der Waals surface area contributed by atoms with Gasteiger partial charge in [0.1, 0.15) is 5.82 Å². The zero-order valence-electron chi connectivity index (χ0n) is 7.63. The summed E-state index contributed by atoms with van der Waals surface area (Å²) in [5.74, 6) is 0.428. The quantitative estimate of drug-likeness (QED) is 0.768. The van der Waals surface area contributed by atoms with Gasteiger partial charge in [0.25, 0.3) is 0 Å². The molecule has 0 bridgehead atoms. The number of hydrogen-bond donors (Lipinski definition) is 1. The maximum absolute atomic E-state index is 12.6. The van der Waals surface area contributed by atoms with Crippen LogP contribution in [-0.4, -0.2) is 12.0 Å². The van der Waals surface area contributed by atoms with Gasteiger partial charge in [0.2, 0.25) is 0 Å². The van der Waals surface area contributed by atoms with Gasteiger partial charge in [-0.05, 0) is 37.9 Å². The van der Waals surface area contributed by atoms with Crippen LogP contribution in [0.15, 0.2) is 18.3 Å². The van der Waals surface area contributed by atoms with Gasteiger partial charge in [-0.1, -0.05) is 0 Å². The molecular formula is C10H13FN2. The molecule has 1 atom stereocenters. The van der Waals surface area contributed by atoms with Gasteiger partial charge in [0.05, 0.1) is 17.9 Å². The lowest BCUT2D eigenvalue weighted by Crippen LogP contribution is -2.19. The van der Waals surface area contributed by atoms with E-state index >= 15 is 0 Å². The van der Waals surface area contributed by atoms with Crippen molar-refractivity contribution in [1.82, 2.24) is 10.3 Å². The monoisotopic (exact) mass is 180 g/mol. The van der Waals surface area contributed by atoms with E-state index in [2.05, 4.69) is 10.3 Å². The Labute approximate surface area is 77.2 Å². The predicted octanol–water partition coefficient (Wildman–Crippen LogP) is 1.89. The zero-order chi connectivity index (χ0) is 9.26. The molecule has 1 aliphatic rings. The van der Waals surface area contributed by atoms with Crippen molar-refractivity contribution in [3.8, 4) is 0 Å². The summed E-state index contributed by atoms with van der Waals surface area (Å²) >= 11 is 0. The van der Waals surface area contributed by atoms with Crippen molar-refractivity contribution in [2.75, 3.05) is 7.05 Å². The second kappa shape index (κ2) is 3.42. The van der Waals surface area contributed by atoms with E-state index in [1.165, 1.54) is 25.1 Å². The van der Waals surface area contributed by atoms with Gasteiger partial charge < -0.3 is 5.32 Å². The Morgan fingerprint density at radius 1 is 1.54 bits per heavy atom. The van der Waals surface area contributed by atoms with Crippen LogP contribution in [0.4, 0.5) is 4.39 Å². The van der Waals surface area contributed by atoms with Crippen molar-refractivity contribution in [3.05, 3.63) is 29.8 Å². The first-order valence-electron chi connectivity index (χ1n) is 4.60. The van der Waals surface area contributed by atoms with Gasteiger partial charge in [0, 0.05) is 0 Å². The van der Waals surface area contributed by atoms with Crippen LogP contribution in [0.25, 0.3) is 0 Å². The van der Waals surface area contributed by atoms with Gasteiger partial charge in [-0.2, -0.15) is 0 Å². The van der Waals surface area contributed by atoms with Gasteiger partial charge in [-0.25, -0.2) is 4.39 Å². The molecule has 13 heavy (non-hydrogen) atoms. The average Bonchev–Trinajstić information content (AvgIpc) is 2.93. The van der Waals surface area contributed by atoms with Crippen LogP contribution >= 0.6 is 0 Å². The van der Waals surface area contributed by atoms with E-state index in [0.29, 0.717) is 12.0 Å². The minimum atomic E-state index is -0.269. The van der Waals surface area contributed by atoms with Crippen LogP contribution < -0.4 is 5.32 Å². The molecule has 0 amide bonds. The Hall–Kier alpha value is -0.960. The smallest absolute Gasteiger partial charge is 0.141 e. The Morgan fingerprint density at radius 3 is 2.77 bits per heavy atom. The van der Waals surface area contributed by atoms with Crippen molar-refractivity contribution in [2.45, 2.75) is 18.9 Å². The molecule has 0 saturated heterocycles. The van der Waals surface area contributed by atoms with E-state index in [9.17, 15) is 4.39 Å². The molecule has 2 rings (SSSR count). The zero-order valence-corrected chi connectivity index (χ0v) is 7.63. The molecule has 0 radical (unpaired) electrons. The molecule has 1 fully saturated rings. The standard InChI is InChI=1S/C10H13FN2/c1-12-10(7-2-3-7)9-5-4-8(11)6-13-9/h4-7,10,12H,2-3H2,1H3. The molecule has 1 N–H and O–H groups in total. The number of nitrogens with one attached hydrogen (secondary N) is 1. The Morgan fingerprint density at radius 2 is 2.31 bits per heavy atom. The average molecular weight is 180 g/mol. The summed E-state index contributed by atoms with van der Waals surface area (Å²) in [7, 11) is 1.92. The first-order valence-corrected chi connectivity index (χ1v) is 4.60. The highest BCUT2D eigenvalue weighted by Gasteiger charge is 2.31. The fourth-order valence-corrected chi connectivity index (χ4v) is 1.63. The van der Waals surface area contributed by atoms with Crippen LogP contribution in [0, 0.1) is 11.7 Å². The molecule has 1 aromatic heterocycles. The Balaban J connectivity index is 2.17. The van der Waals surface area contributed by atoms with Crippen LogP contribution in [0.2, 0.25) is 0 Å². The van der Waals surface area contributed by atoms with Crippen LogP contribution in [0.5, 0.6) is 0 Å². The van der Waals surface area contributed by atoms with Crippen LogP contribution in [0.3, 0.4) is 0 Å². The van der Waals surface area contributed by atoms with E-state index in [-0.39, 0.29) is 5.82 Å². The maximum atomic E-state index is 12.6. The summed E-state index contributed by atoms with van der Waals surface area (Å²) in [5.41, 5.74) is 0.950. The van der Waals surface area contributed by atoms with Gasteiger partial charge >= 0.3 is 0 Å². The van der Waals surface area contributed by atoms with E-state index in [1.54, 1.807) is 6.07 Å². The van der Waals surface area contributed by atoms with Crippen molar-refractivity contribution >= 4 is 0 Å². The van der Waals surface area contributed by atoms with Crippen molar-refractivity contribution in [1.29, 1.82) is 0 Å². The lowest BCUT2D eigenvalue weighted by atomic mass is 10.1. The number of aromatic nitrogens is 1. The molecule has 70 valence electrons. The normalized spacial score (nSPS) is 18.6. The second-order valence-corrected chi connectivity index (χ2v) is 3.51. The number of nitrogens with zero attached hydrogens (tertiary/aromatic N) is 1. The third-order valence-electron chi connectivity index (χ3n) is 2.47. The molecule has 1 heterocycles. The first-order chi connectivity index (χ1) is 6.31. The number of pyridine rings is 1. The SMILES string of the molecule is CNC(c1ccc(F)cn1)C1CC1. The van der Waals surface area contributed by atoms with E-state index < -0.39 is 0 Å². The van der Waals surface area contributed by atoms with Gasteiger partial charge in [0.15, 0.2) is 0 Å². The van der Waals surface area contributed by atoms with Crippen molar-refractivity contribution < 1.29 is 4.39 Å². The summed E-state index contributed by atoms with van der Waals surface area (Å²) in [4.78, 5) is 4.07. The van der Waals surface area contributed by atoms with E-state index in [0.717, 1.165) is 5.69 Å². The summed E-state index contributed by atoms with van der Waals surface area (Å²) in [6.45, 7) is 0. The minimum Gasteiger partial charge on any atom is -0.311 e. The molecule has 1 saturated carbocycles. The molecular weight excluding hydrogens is 167 g/mol. The lowest BCUT2D eigenvalue weighted by Gasteiger charge is -2.13. The number of hydrogen-bond acceptors (Lipinski definition) is 2. The molecule has 0 aliphatic heterocycles. The molecule has 1 aromatic rings. The Bertz CT molecular complexity index is 279. The number of halogens is 1. The van der Waals surface area contributed by atoms with Crippen LogP contribution in [0.1, 0.15) is 24.6 Å². The topological polar surface area (TPSA) is 24.9 Å². The van der Waals surface area contributed by atoms with E-state index in [1.807, 2.05) is 7.05 Å². The highest BCUT2D eigenvalue weighted by atomic mass is 19.1.